The number of allylic oxidation sites excluding steroid dienone is 1. The molecule has 198 valence electrons. The van der Waals surface area contributed by atoms with Crippen LogP contribution in [0.3, 0.4) is 0 Å². The Bertz CT molecular complexity index is 1280. The van der Waals surface area contributed by atoms with Crippen LogP contribution in [0.15, 0.2) is 23.0 Å². The number of ketones is 1. The zero-order valence-corrected chi connectivity index (χ0v) is 20.9. The maximum Gasteiger partial charge on any atom is 0.339 e. The van der Waals surface area contributed by atoms with Gasteiger partial charge < -0.3 is 33.9 Å². The van der Waals surface area contributed by atoms with Gasteiger partial charge in [-0.3, -0.25) is 9.59 Å². The van der Waals surface area contributed by atoms with E-state index in [9.17, 15) is 29.4 Å². The van der Waals surface area contributed by atoms with Gasteiger partial charge in [0, 0.05) is 22.6 Å². The lowest BCUT2D eigenvalue weighted by molar-refractivity contribution is -0.209. The number of hydrogen-bond donors (Lipinski definition) is 2. The molecule has 0 bridgehead atoms. The summed E-state index contributed by atoms with van der Waals surface area (Å²) in [5.41, 5.74) is -5.38. The minimum absolute atomic E-state index is 0.0290. The number of rotatable bonds is 1. The van der Waals surface area contributed by atoms with Crippen LogP contribution in [0.1, 0.15) is 47.0 Å². The van der Waals surface area contributed by atoms with E-state index in [2.05, 4.69) is 0 Å². The average Bonchev–Trinajstić information content (AvgIpc) is 3.44. The first-order chi connectivity index (χ1) is 17.3. The van der Waals surface area contributed by atoms with Gasteiger partial charge in [-0.1, -0.05) is 6.92 Å². The molecule has 2 spiro atoms. The van der Waals surface area contributed by atoms with Crippen molar-refractivity contribution in [1.82, 2.24) is 0 Å². The van der Waals surface area contributed by atoms with Gasteiger partial charge in [-0.2, -0.15) is 0 Å². The summed E-state index contributed by atoms with van der Waals surface area (Å²) in [5.74, 6) is -3.41. The van der Waals surface area contributed by atoms with Crippen LogP contribution in [0, 0.1) is 22.2 Å². The van der Waals surface area contributed by atoms with Crippen LogP contribution in [0.5, 0.6) is 0 Å². The van der Waals surface area contributed by atoms with Crippen LogP contribution in [-0.2, 0) is 42.9 Å². The number of hydrogen-bond acceptors (Lipinski definition) is 11. The summed E-state index contributed by atoms with van der Waals surface area (Å²) >= 11 is 0. The predicted molar refractivity (Wildman–Crippen MR) is 118 cm³/mol. The highest BCUT2D eigenvalue weighted by Gasteiger charge is 2.90. The van der Waals surface area contributed by atoms with Crippen LogP contribution in [0.4, 0.5) is 0 Å². The van der Waals surface area contributed by atoms with Gasteiger partial charge in [0.15, 0.2) is 11.9 Å². The summed E-state index contributed by atoms with van der Waals surface area (Å²) in [5, 5.41) is 22.0. The molecule has 5 fully saturated rings. The Morgan fingerprint density at radius 3 is 2.41 bits per heavy atom. The molecule has 11 nitrogen and oxygen atoms in total. The lowest BCUT2D eigenvalue weighted by Crippen LogP contribution is -2.73. The first-order valence-corrected chi connectivity index (χ1v) is 12.6. The van der Waals surface area contributed by atoms with E-state index < -0.39 is 87.4 Å². The smallest absolute Gasteiger partial charge is 0.339 e. The zero-order chi connectivity index (χ0) is 26.5. The molecule has 4 saturated heterocycles. The number of ether oxygens (including phenoxy) is 5. The Hall–Kier alpha value is -2.76. The number of aliphatic hydroxyl groups is 2. The van der Waals surface area contributed by atoms with Crippen molar-refractivity contribution in [2.75, 3.05) is 6.61 Å². The highest BCUT2D eigenvalue weighted by atomic mass is 16.7. The van der Waals surface area contributed by atoms with Crippen molar-refractivity contribution in [2.24, 2.45) is 22.2 Å². The van der Waals surface area contributed by atoms with Gasteiger partial charge in [-0.25, -0.2) is 9.59 Å². The molecule has 0 aromatic heterocycles. The second-order valence-electron chi connectivity index (χ2n) is 12.3. The van der Waals surface area contributed by atoms with Gasteiger partial charge in [0.1, 0.15) is 18.3 Å². The van der Waals surface area contributed by atoms with Crippen LogP contribution < -0.4 is 0 Å². The standard InChI is InChI=1S/C26H28O11/c1-22(2)16-15(29)17(30)24(4)11(25(16)9-33-13(27)8-12(25)36-22)5-6-23(3)18(10-7-14(28)34-20(10)31)35-21(32)19-26(23,24)37-19/h7,11-12,18-20,29,31H,5-6,8-9H2,1-4H3. The Labute approximate surface area is 211 Å². The molecule has 7 rings (SSSR count). The Morgan fingerprint density at radius 1 is 1.00 bits per heavy atom. The largest absolute Gasteiger partial charge is 0.504 e. The van der Waals surface area contributed by atoms with Crippen LogP contribution in [0.25, 0.3) is 0 Å². The summed E-state index contributed by atoms with van der Waals surface area (Å²) in [6, 6.07) is 0. The van der Waals surface area contributed by atoms with E-state index in [-0.39, 0.29) is 18.6 Å². The Kier molecular flexibility index (Phi) is 4.07. The molecule has 7 aliphatic rings. The molecule has 5 aliphatic heterocycles. The number of Topliss-reactive ketones (excluding diaryl/α,β-unsaturated/α-hetero) is 1. The third kappa shape index (κ3) is 2.28. The number of esters is 3. The number of aliphatic hydroxyl groups excluding tert-OH is 2. The first-order valence-electron chi connectivity index (χ1n) is 12.6. The molecule has 2 aliphatic carbocycles. The van der Waals surface area contributed by atoms with Crippen molar-refractivity contribution in [2.45, 2.75) is 82.8 Å². The monoisotopic (exact) mass is 516 g/mol. The molecule has 0 aromatic carbocycles. The van der Waals surface area contributed by atoms with Crippen molar-refractivity contribution in [3.05, 3.63) is 23.0 Å². The van der Waals surface area contributed by atoms with Gasteiger partial charge in [0.05, 0.1) is 29.0 Å². The van der Waals surface area contributed by atoms with Gasteiger partial charge in [-0.05, 0) is 39.5 Å². The van der Waals surface area contributed by atoms with Crippen LogP contribution in [0.2, 0.25) is 0 Å². The summed E-state index contributed by atoms with van der Waals surface area (Å²) in [6.07, 6.45) is -2.49. The van der Waals surface area contributed by atoms with Crippen molar-refractivity contribution in [1.29, 1.82) is 0 Å². The van der Waals surface area contributed by atoms with Gasteiger partial charge in [0.25, 0.3) is 0 Å². The maximum atomic E-state index is 14.3. The third-order valence-corrected chi connectivity index (χ3v) is 10.5. The van der Waals surface area contributed by atoms with E-state index in [1.807, 2.05) is 6.92 Å². The van der Waals surface area contributed by atoms with E-state index >= 15 is 0 Å². The number of epoxide rings is 1. The number of cyclic esters (lactones) is 3. The maximum absolute atomic E-state index is 14.3. The van der Waals surface area contributed by atoms with Crippen molar-refractivity contribution in [3.63, 3.8) is 0 Å². The molecule has 1 saturated carbocycles. The second-order valence-corrected chi connectivity index (χ2v) is 12.3. The molecule has 5 heterocycles. The van der Waals surface area contributed by atoms with Crippen LogP contribution in [-0.4, -0.2) is 76.3 Å². The van der Waals surface area contributed by atoms with E-state index in [1.54, 1.807) is 20.8 Å². The molecule has 0 amide bonds. The fourth-order valence-corrected chi connectivity index (χ4v) is 9.16. The minimum atomic E-state index is -1.59. The predicted octanol–water partition coefficient (Wildman–Crippen LogP) is 0.779. The SMILES string of the molecule is CC1(C)OC2CC(=O)OCC23C1=C(O)C(=O)C1(C)C3CCC2(C)C(C3=CC(=O)OC3O)OC(=O)C3OC321. The Morgan fingerprint density at radius 2 is 1.73 bits per heavy atom. The molecule has 9 atom stereocenters. The summed E-state index contributed by atoms with van der Waals surface area (Å²) in [6.45, 7) is 6.98. The van der Waals surface area contributed by atoms with E-state index in [1.165, 1.54) is 0 Å². The molecular formula is C26H28O11. The van der Waals surface area contributed by atoms with Crippen molar-refractivity contribution >= 4 is 23.7 Å². The van der Waals surface area contributed by atoms with E-state index in [0.29, 0.717) is 18.4 Å². The number of fused-ring (bicyclic) bond motifs is 1. The molecule has 37 heavy (non-hydrogen) atoms. The summed E-state index contributed by atoms with van der Waals surface area (Å²) in [7, 11) is 0. The highest BCUT2D eigenvalue weighted by Crippen LogP contribution is 2.78. The third-order valence-electron chi connectivity index (χ3n) is 10.5. The van der Waals surface area contributed by atoms with Gasteiger partial charge in [-0.15, -0.1) is 0 Å². The van der Waals surface area contributed by atoms with Crippen LogP contribution >= 0.6 is 0 Å². The molecular weight excluding hydrogens is 488 g/mol. The number of carbonyl (C=O) groups is 4. The minimum Gasteiger partial charge on any atom is -0.504 e. The summed E-state index contributed by atoms with van der Waals surface area (Å²) in [4.78, 5) is 51.7. The van der Waals surface area contributed by atoms with E-state index in [4.69, 9.17) is 23.7 Å². The molecule has 0 radical (unpaired) electrons. The fourth-order valence-electron chi connectivity index (χ4n) is 9.16. The molecule has 0 aromatic rings. The highest BCUT2D eigenvalue weighted by molar-refractivity contribution is 6.04. The normalized spacial score (nSPS) is 51.1. The molecule has 2 N–H and O–H groups in total. The Balaban J connectivity index is 1.44. The summed E-state index contributed by atoms with van der Waals surface area (Å²) < 4.78 is 28.7. The second kappa shape index (κ2) is 6.44. The van der Waals surface area contributed by atoms with Crippen molar-refractivity contribution in [3.8, 4) is 0 Å². The van der Waals surface area contributed by atoms with Gasteiger partial charge in [0.2, 0.25) is 12.1 Å². The number of carbonyl (C=O) groups excluding carboxylic acids is 4. The van der Waals surface area contributed by atoms with Gasteiger partial charge >= 0.3 is 17.9 Å². The zero-order valence-electron chi connectivity index (χ0n) is 20.9. The molecule has 9 unspecified atom stereocenters. The quantitative estimate of drug-likeness (QED) is 0.288. The fraction of sp³-hybridized carbons (Fsp3) is 0.692. The van der Waals surface area contributed by atoms with E-state index in [0.717, 1.165) is 6.08 Å². The molecule has 11 heteroatoms. The van der Waals surface area contributed by atoms with Crippen molar-refractivity contribution < 1.29 is 53.1 Å². The lowest BCUT2D eigenvalue weighted by Gasteiger charge is -2.63. The first kappa shape index (κ1) is 23.4. The topological polar surface area (TPSA) is 158 Å². The average molecular weight is 516 g/mol. The lowest BCUT2D eigenvalue weighted by atomic mass is 9.38.